The molecule has 0 fully saturated rings. The lowest BCUT2D eigenvalue weighted by Crippen LogP contribution is -1.98. The Kier molecular flexibility index (Phi) is 12.8. The first-order chi connectivity index (χ1) is 6.62. The molecule has 0 heterocycles. The van der Waals surface area contributed by atoms with Crippen LogP contribution in [0.5, 0.6) is 0 Å². The summed E-state index contributed by atoms with van der Waals surface area (Å²) < 4.78 is 9.17. The van der Waals surface area contributed by atoms with E-state index in [1.165, 1.54) is 14.0 Å². The number of carbonyl (C=O) groups is 1. The summed E-state index contributed by atoms with van der Waals surface area (Å²) in [5.41, 5.74) is 0. The predicted octanol–water partition coefficient (Wildman–Crippen LogP) is 1.57. The van der Waals surface area contributed by atoms with Gasteiger partial charge in [-0.3, -0.25) is 4.79 Å². The highest BCUT2D eigenvalue weighted by Crippen LogP contribution is 1.85. The topological polar surface area (TPSA) is 57.1 Å². The van der Waals surface area contributed by atoms with E-state index in [1.807, 2.05) is 6.92 Å². The maximum atomic E-state index is 9.82. The average molecular weight is 205 g/mol. The van der Waals surface area contributed by atoms with Crippen LogP contribution in [0.15, 0.2) is 5.16 Å². The molecular formula is C9H19NO4. The Morgan fingerprint density at radius 2 is 1.86 bits per heavy atom. The van der Waals surface area contributed by atoms with E-state index < -0.39 is 0 Å². The summed E-state index contributed by atoms with van der Waals surface area (Å²) >= 11 is 0. The number of carbonyl (C=O) groups excluding carboxylic acids is 1. The fraction of sp³-hybridized carbons (Fsp3) is 0.778. The van der Waals surface area contributed by atoms with Crippen LogP contribution in [0.25, 0.3) is 0 Å². The lowest BCUT2D eigenvalue weighted by Gasteiger charge is -1.96. The van der Waals surface area contributed by atoms with E-state index in [0.29, 0.717) is 12.5 Å². The fourth-order valence-electron chi connectivity index (χ4n) is 0.551. The van der Waals surface area contributed by atoms with Crippen molar-refractivity contribution in [2.75, 3.05) is 20.8 Å². The van der Waals surface area contributed by atoms with Crippen molar-refractivity contribution >= 4 is 11.9 Å². The molecule has 0 spiro atoms. The van der Waals surface area contributed by atoms with Crippen LogP contribution < -0.4 is 0 Å². The minimum atomic E-state index is -0.211. The van der Waals surface area contributed by atoms with Gasteiger partial charge in [-0.25, -0.2) is 0 Å². The molecule has 0 atom stereocenters. The highest BCUT2D eigenvalue weighted by Gasteiger charge is 1.89. The molecule has 5 nitrogen and oxygen atoms in total. The number of hydrogen-bond acceptors (Lipinski definition) is 5. The Balaban J connectivity index is 0. The van der Waals surface area contributed by atoms with Gasteiger partial charge in [0.1, 0.15) is 7.11 Å². The van der Waals surface area contributed by atoms with Gasteiger partial charge in [0, 0.05) is 13.3 Å². The minimum absolute atomic E-state index is 0.211. The van der Waals surface area contributed by atoms with Gasteiger partial charge < -0.3 is 14.3 Å². The number of oxime groups is 1. The van der Waals surface area contributed by atoms with E-state index in [2.05, 4.69) is 14.7 Å². The summed E-state index contributed by atoms with van der Waals surface area (Å²) in [6.45, 7) is 5.60. The summed E-state index contributed by atoms with van der Waals surface area (Å²) in [6, 6.07) is 0. The molecule has 14 heavy (non-hydrogen) atoms. The second-order valence-corrected chi connectivity index (χ2v) is 2.15. The molecule has 0 radical (unpaired) electrons. The summed E-state index contributed by atoms with van der Waals surface area (Å²) in [5.74, 6) is 0.407. The van der Waals surface area contributed by atoms with Crippen LogP contribution in [0.3, 0.4) is 0 Å². The zero-order valence-electron chi connectivity index (χ0n) is 9.49. The fourth-order valence-corrected chi connectivity index (χ4v) is 0.551. The smallest absolute Gasteiger partial charge is 0.302 e. The van der Waals surface area contributed by atoms with Crippen LogP contribution in [0.4, 0.5) is 0 Å². The van der Waals surface area contributed by atoms with Crippen LogP contribution in [-0.4, -0.2) is 32.7 Å². The molecule has 0 amide bonds. The van der Waals surface area contributed by atoms with Crippen LogP contribution in [0.2, 0.25) is 0 Å². The quantitative estimate of drug-likeness (QED) is 0.304. The van der Waals surface area contributed by atoms with Gasteiger partial charge in [-0.2, -0.15) is 0 Å². The van der Waals surface area contributed by atoms with E-state index >= 15 is 0 Å². The first-order valence-corrected chi connectivity index (χ1v) is 4.39. The van der Waals surface area contributed by atoms with E-state index in [0.717, 1.165) is 6.42 Å². The molecule has 0 aromatic carbocycles. The predicted molar refractivity (Wildman–Crippen MR) is 54.1 cm³/mol. The summed E-state index contributed by atoms with van der Waals surface area (Å²) in [6.07, 6.45) is 0.768. The molecule has 0 saturated heterocycles. The number of esters is 1. The third kappa shape index (κ3) is 13.3. The van der Waals surface area contributed by atoms with Crippen LogP contribution in [0, 0.1) is 0 Å². The lowest BCUT2D eigenvalue weighted by molar-refractivity contribution is -0.140. The number of hydrogen-bond donors (Lipinski definition) is 0. The minimum Gasteiger partial charge on any atom is -0.482 e. The molecule has 0 aliphatic rings. The zero-order chi connectivity index (χ0) is 11.4. The maximum Gasteiger partial charge on any atom is 0.302 e. The summed E-state index contributed by atoms with van der Waals surface area (Å²) in [4.78, 5) is 14.3. The van der Waals surface area contributed by atoms with Crippen molar-refractivity contribution in [3.63, 3.8) is 0 Å². The van der Waals surface area contributed by atoms with Crippen LogP contribution in [-0.2, 0) is 19.1 Å². The lowest BCUT2D eigenvalue weighted by atomic mass is 10.5. The van der Waals surface area contributed by atoms with Crippen molar-refractivity contribution in [3.8, 4) is 0 Å². The van der Waals surface area contributed by atoms with Gasteiger partial charge in [0.25, 0.3) is 0 Å². The Hall–Kier alpha value is -1.26. The number of methoxy groups -OCH3 is 1. The molecule has 84 valence electrons. The van der Waals surface area contributed by atoms with Crippen LogP contribution >= 0.6 is 0 Å². The molecule has 0 aliphatic carbocycles. The van der Waals surface area contributed by atoms with Crippen LogP contribution in [0.1, 0.15) is 27.2 Å². The molecule has 0 aromatic heterocycles. The number of ether oxygens (including phenoxy) is 2. The van der Waals surface area contributed by atoms with E-state index in [-0.39, 0.29) is 5.97 Å². The molecule has 0 unspecified atom stereocenters. The molecule has 0 aliphatic heterocycles. The maximum absolute atomic E-state index is 9.82. The Bertz CT molecular complexity index is 162. The average Bonchev–Trinajstić information content (AvgIpc) is 2.15. The Labute approximate surface area is 85.0 Å². The summed E-state index contributed by atoms with van der Waals surface area (Å²) in [7, 11) is 3.07. The summed E-state index contributed by atoms with van der Waals surface area (Å²) in [5, 5.41) is 3.56. The van der Waals surface area contributed by atoms with Gasteiger partial charge in [0.05, 0.1) is 13.7 Å². The normalized spacial score (nSPS) is 9.64. The molecular weight excluding hydrogens is 186 g/mol. The van der Waals surface area contributed by atoms with Gasteiger partial charge in [-0.05, 0) is 6.92 Å². The number of rotatable bonds is 3. The Morgan fingerprint density at radius 3 is 1.93 bits per heavy atom. The van der Waals surface area contributed by atoms with E-state index in [1.54, 1.807) is 14.0 Å². The first-order valence-electron chi connectivity index (χ1n) is 4.39. The van der Waals surface area contributed by atoms with Crippen molar-refractivity contribution in [2.24, 2.45) is 5.16 Å². The monoisotopic (exact) mass is 205 g/mol. The van der Waals surface area contributed by atoms with Crippen molar-refractivity contribution in [1.29, 1.82) is 0 Å². The first kappa shape index (κ1) is 15.2. The van der Waals surface area contributed by atoms with Gasteiger partial charge >= 0.3 is 5.97 Å². The second-order valence-electron chi connectivity index (χ2n) is 2.15. The highest BCUT2D eigenvalue weighted by atomic mass is 16.6. The van der Waals surface area contributed by atoms with Gasteiger partial charge in [-0.15, -0.1) is 0 Å². The van der Waals surface area contributed by atoms with E-state index in [4.69, 9.17) is 4.74 Å². The SMILES string of the molecule is CC/C(=N/OC)OC.CCOC(C)=O. The van der Waals surface area contributed by atoms with Crippen molar-refractivity contribution in [2.45, 2.75) is 27.2 Å². The second kappa shape index (κ2) is 11.7. The third-order valence-electron chi connectivity index (χ3n) is 1.08. The Morgan fingerprint density at radius 1 is 1.29 bits per heavy atom. The molecule has 0 bridgehead atoms. The van der Waals surface area contributed by atoms with Crippen molar-refractivity contribution in [3.05, 3.63) is 0 Å². The van der Waals surface area contributed by atoms with Gasteiger partial charge in [-0.1, -0.05) is 12.1 Å². The van der Waals surface area contributed by atoms with Crippen molar-refractivity contribution < 1.29 is 19.1 Å². The molecule has 5 heteroatoms. The molecule has 0 saturated carbocycles. The number of nitrogens with zero attached hydrogens (tertiary/aromatic N) is 1. The molecule has 0 rings (SSSR count). The van der Waals surface area contributed by atoms with Crippen molar-refractivity contribution in [1.82, 2.24) is 0 Å². The van der Waals surface area contributed by atoms with Gasteiger partial charge in [0.2, 0.25) is 5.90 Å². The highest BCUT2D eigenvalue weighted by molar-refractivity contribution is 5.74. The molecule has 0 aromatic rings. The standard InChI is InChI=1S/C5H11NO2.C4H8O2/c1-4-5(7-2)6-8-3;1-3-6-4(2)5/h4H2,1-3H3;3H2,1-2H3/b6-5-;. The zero-order valence-corrected chi connectivity index (χ0v) is 9.49. The molecule has 0 N–H and O–H groups in total. The van der Waals surface area contributed by atoms with E-state index in [9.17, 15) is 4.79 Å². The largest absolute Gasteiger partial charge is 0.482 e. The van der Waals surface area contributed by atoms with Gasteiger partial charge in [0.15, 0.2) is 0 Å². The third-order valence-corrected chi connectivity index (χ3v) is 1.08.